The van der Waals surface area contributed by atoms with Gasteiger partial charge in [0.15, 0.2) is 0 Å². The van der Waals surface area contributed by atoms with Crippen LogP contribution in [0.15, 0.2) is 133 Å². The van der Waals surface area contributed by atoms with Gasteiger partial charge in [-0.25, -0.2) is 0 Å². The minimum atomic E-state index is -0.495. The lowest BCUT2D eigenvalue weighted by Gasteiger charge is -2.50. The van der Waals surface area contributed by atoms with Crippen LogP contribution in [0.25, 0.3) is 38.6 Å². The number of hydrogen-bond acceptors (Lipinski definition) is 1. The molecule has 55 heavy (non-hydrogen) atoms. The SMILES string of the molecule is Cc1cc2c3c(c1)-n1c4ccccc4c4cccc(c41)B3c1cc(C(C)(C)C)cc3c1N2c1ccc(C(C)(C)C)cc1C31c2ccccc2-c2ccccc21. The standard InChI is InChI=1S/C52H43BN2/c1-30-25-45-47-46(26-30)55-44-24-23-31(50(2,3)4)27-39(44)52(37-19-11-8-15-33(37)34-16-9-12-20-38(34)52)40-28-32(51(5,6)7)29-42(49(40)55)53(47)41-21-14-18-36-35-17-10-13-22-43(35)54(45)48(36)41/h8-29H,1-7H3. The molecule has 0 atom stereocenters. The first-order valence-electron chi connectivity index (χ1n) is 20.0. The van der Waals surface area contributed by atoms with Crippen molar-refractivity contribution < 1.29 is 0 Å². The first-order valence-corrected chi connectivity index (χ1v) is 20.0. The molecule has 12 rings (SSSR count). The maximum Gasteiger partial charge on any atom is 0.252 e. The Balaban J connectivity index is 1.33. The average molecular weight is 707 g/mol. The van der Waals surface area contributed by atoms with Crippen molar-refractivity contribution in [3.05, 3.63) is 172 Å². The van der Waals surface area contributed by atoms with Crippen LogP contribution in [-0.4, -0.2) is 11.3 Å². The topological polar surface area (TPSA) is 8.17 Å². The molecule has 1 aromatic heterocycles. The van der Waals surface area contributed by atoms with Gasteiger partial charge in [0.2, 0.25) is 0 Å². The Morgan fingerprint density at radius 3 is 1.87 bits per heavy atom. The molecule has 8 aromatic rings. The quantitative estimate of drug-likeness (QED) is 0.143. The van der Waals surface area contributed by atoms with Crippen molar-refractivity contribution in [2.24, 2.45) is 0 Å². The largest absolute Gasteiger partial charge is 0.311 e. The Bertz CT molecular complexity index is 2990. The van der Waals surface area contributed by atoms with E-state index < -0.39 is 5.41 Å². The summed E-state index contributed by atoms with van der Waals surface area (Å²) in [4.78, 5) is 2.69. The summed E-state index contributed by atoms with van der Waals surface area (Å²) in [5, 5.41) is 2.65. The van der Waals surface area contributed by atoms with Crippen molar-refractivity contribution in [3.63, 3.8) is 0 Å². The van der Waals surface area contributed by atoms with Crippen LogP contribution in [0, 0.1) is 6.92 Å². The summed E-state index contributed by atoms with van der Waals surface area (Å²) in [6.45, 7) is 16.6. The number of aromatic nitrogens is 1. The summed E-state index contributed by atoms with van der Waals surface area (Å²) in [5.41, 5.74) is 23.8. The fraction of sp³-hybridized carbons (Fsp3) is 0.192. The van der Waals surface area contributed by atoms with E-state index in [2.05, 4.69) is 191 Å². The molecule has 264 valence electrons. The molecule has 0 saturated heterocycles. The maximum atomic E-state index is 2.69. The van der Waals surface area contributed by atoms with Gasteiger partial charge in [0.25, 0.3) is 6.71 Å². The number of rotatable bonds is 0. The first-order chi connectivity index (χ1) is 26.5. The van der Waals surface area contributed by atoms with Crippen molar-refractivity contribution in [2.75, 3.05) is 4.90 Å². The molecule has 0 amide bonds. The summed E-state index contributed by atoms with van der Waals surface area (Å²) < 4.78 is 2.58. The summed E-state index contributed by atoms with van der Waals surface area (Å²) in [6.07, 6.45) is 0. The number of nitrogens with zero attached hydrogens (tertiary/aromatic N) is 2. The monoisotopic (exact) mass is 706 g/mol. The van der Waals surface area contributed by atoms with Crippen molar-refractivity contribution >= 4 is 62.0 Å². The number of benzene rings is 7. The van der Waals surface area contributed by atoms with Crippen molar-refractivity contribution in [3.8, 4) is 16.8 Å². The third kappa shape index (κ3) is 3.73. The van der Waals surface area contributed by atoms with Crippen LogP contribution in [0.1, 0.15) is 80.5 Å². The smallest absolute Gasteiger partial charge is 0.252 e. The molecule has 2 nitrogen and oxygen atoms in total. The van der Waals surface area contributed by atoms with Crippen LogP contribution in [-0.2, 0) is 16.2 Å². The van der Waals surface area contributed by atoms with Crippen LogP contribution >= 0.6 is 0 Å². The number of hydrogen-bond donors (Lipinski definition) is 0. The second kappa shape index (κ2) is 10.1. The maximum absolute atomic E-state index is 2.69. The zero-order valence-electron chi connectivity index (χ0n) is 32.7. The van der Waals surface area contributed by atoms with Crippen LogP contribution in [0.5, 0.6) is 0 Å². The predicted molar refractivity (Wildman–Crippen MR) is 233 cm³/mol. The third-order valence-electron chi connectivity index (χ3n) is 13.5. The van der Waals surface area contributed by atoms with Crippen LogP contribution in [0.4, 0.5) is 17.1 Å². The summed E-state index contributed by atoms with van der Waals surface area (Å²) in [5.74, 6) is 0. The lowest BCUT2D eigenvalue weighted by molar-refractivity contribution is 0.584. The molecule has 4 heterocycles. The molecule has 0 unspecified atom stereocenters. The van der Waals surface area contributed by atoms with Gasteiger partial charge in [0.05, 0.1) is 16.6 Å². The van der Waals surface area contributed by atoms with Gasteiger partial charge >= 0.3 is 0 Å². The van der Waals surface area contributed by atoms with Gasteiger partial charge in [-0.05, 0) is 108 Å². The molecule has 7 aromatic carbocycles. The highest BCUT2D eigenvalue weighted by molar-refractivity contribution is 7.00. The fourth-order valence-electron chi connectivity index (χ4n) is 11.1. The molecule has 0 radical (unpaired) electrons. The van der Waals surface area contributed by atoms with Crippen LogP contribution < -0.4 is 21.3 Å². The molecule has 3 heteroatoms. The molecule has 1 aliphatic carbocycles. The zero-order valence-corrected chi connectivity index (χ0v) is 32.7. The van der Waals surface area contributed by atoms with E-state index in [1.54, 1.807) is 0 Å². The van der Waals surface area contributed by atoms with Crippen molar-refractivity contribution in [1.29, 1.82) is 0 Å². The Labute approximate surface area is 324 Å². The van der Waals surface area contributed by atoms with E-state index in [1.807, 2.05) is 0 Å². The molecule has 4 aliphatic rings. The second-order valence-electron chi connectivity index (χ2n) is 18.6. The van der Waals surface area contributed by atoms with Crippen LogP contribution in [0.3, 0.4) is 0 Å². The molecule has 1 spiro atoms. The van der Waals surface area contributed by atoms with Gasteiger partial charge in [-0.15, -0.1) is 0 Å². The number of fused-ring (bicyclic) bond motifs is 16. The van der Waals surface area contributed by atoms with Gasteiger partial charge in [0.1, 0.15) is 0 Å². The van der Waals surface area contributed by atoms with E-state index in [4.69, 9.17) is 0 Å². The van der Waals surface area contributed by atoms with E-state index in [0.29, 0.717) is 0 Å². The summed E-state index contributed by atoms with van der Waals surface area (Å²) in [6, 6.07) is 52.1. The van der Waals surface area contributed by atoms with Gasteiger partial charge in [0, 0.05) is 33.4 Å². The predicted octanol–water partition coefficient (Wildman–Crippen LogP) is 11.0. The highest BCUT2D eigenvalue weighted by atomic mass is 15.2. The Morgan fingerprint density at radius 2 is 1.15 bits per heavy atom. The van der Waals surface area contributed by atoms with E-state index in [-0.39, 0.29) is 17.5 Å². The molecule has 3 aliphatic heterocycles. The Hall–Kier alpha value is -5.80. The first kappa shape index (κ1) is 31.5. The van der Waals surface area contributed by atoms with E-state index in [0.717, 1.165) is 0 Å². The number of anilines is 3. The second-order valence-corrected chi connectivity index (χ2v) is 18.6. The zero-order chi connectivity index (χ0) is 37.3. The van der Waals surface area contributed by atoms with E-state index in [9.17, 15) is 0 Å². The van der Waals surface area contributed by atoms with Gasteiger partial charge in [-0.3, -0.25) is 0 Å². The normalized spacial score (nSPS) is 15.3. The Morgan fingerprint density at radius 1 is 0.509 bits per heavy atom. The minimum Gasteiger partial charge on any atom is -0.311 e. The lowest BCUT2D eigenvalue weighted by atomic mass is 9.33. The van der Waals surface area contributed by atoms with Crippen molar-refractivity contribution in [2.45, 2.75) is 64.7 Å². The fourth-order valence-corrected chi connectivity index (χ4v) is 11.1. The van der Waals surface area contributed by atoms with Gasteiger partial charge < -0.3 is 9.47 Å². The van der Waals surface area contributed by atoms with Gasteiger partial charge in [-0.2, -0.15) is 0 Å². The number of aryl methyl sites for hydroxylation is 1. The highest BCUT2D eigenvalue weighted by Crippen LogP contribution is 2.64. The molecular formula is C52H43BN2. The molecule has 0 N–H and O–H groups in total. The third-order valence-corrected chi connectivity index (χ3v) is 13.5. The molecular weight excluding hydrogens is 663 g/mol. The average Bonchev–Trinajstić information content (AvgIpc) is 3.66. The molecule has 0 bridgehead atoms. The summed E-state index contributed by atoms with van der Waals surface area (Å²) in [7, 11) is 0. The Kier molecular flexibility index (Phi) is 5.78. The van der Waals surface area contributed by atoms with Crippen molar-refractivity contribution in [1.82, 2.24) is 4.57 Å². The molecule has 0 fully saturated rings. The summed E-state index contributed by atoms with van der Waals surface area (Å²) >= 11 is 0. The van der Waals surface area contributed by atoms with Crippen LogP contribution in [0.2, 0.25) is 0 Å². The van der Waals surface area contributed by atoms with E-state index in [1.165, 1.54) is 111 Å². The minimum absolute atomic E-state index is 0.0212. The molecule has 0 saturated carbocycles. The van der Waals surface area contributed by atoms with Gasteiger partial charge in [-0.1, -0.05) is 151 Å². The lowest BCUT2D eigenvalue weighted by Crippen LogP contribution is -2.62. The number of para-hydroxylation sites is 2. The highest BCUT2D eigenvalue weighted by Gasteiger charge is 2.55. The van der Waals surface area contributed by atoms with E-state index >= 15 is 0 Å².